The minimum absolute atomic E-state index is 0.0424. The zero-order valence-electron chi connectivity index (χ0n) is 11.2. The van der Waals surface area contributed by atoms with Gasteiger partial charge in [0, 0.05) is 25.0 Å². The fourth-order valence-corrected chi connectivity index (χ4v) is 1.88. The number of hydrogen-bond donors (Lipinski definition) is 1. The van der Waals surface area contributed by atoms with Crippen molar-refractivity contribution in [1.29, 1.82) is 0 Å². The predicted molar refractivity (Wildman–Crippen MR) is 75.2 cm³/mol. The third kappa shape index (κ3) is 2.76. The standard InChI is InChI=1S/C14H18N4O/c1-3-17(4-2)14(19)13-9-10-18(16-13)12-7-5-11(15)6-8-12/h5-10H,3-4,15H2,1-2H3. The molecule has 19 heavy (non-hydrogen) atoms. The molecule has 5 heteroatoms. The summed E-state index contributed by atoms with van der Waals surface area (Å²) in [6, 6.07) is 9.09. The van der Waals surface area contributed by atoms with Crippen molar-refractivity contribution < 1.29 is 4.79 Å². The molecule has 0 saturated heterocycles. The van der Waals surface area contributed by atoms with E-state index in [-0.39, 0.29) is 5.91 Å². The number of benzene rings is 1. The van der Waals surface area contributed by atoms with E-state index in [9.17, 15) is 4.79 Å². The van der Waals surface area contributed by atoms with Crippen molar-refractivity contribution in [2.45, 2.75) is 13.8 Å². The fraction of sp³-hybridized carbons (Fsp3) is 0.286. The highest BCUT2D eigenvalue weighted by atomic mass is 16.2. The van der Waals surface area contributed by atoms with E-state index in [1.165, 1.54) is 0 Å². The number of anilines is 1. The lowest BCUT2D eigenvalue weighted by Crippen LogP contribution is -2.30. The maximum absolute atomic E-state index is 12.1. The second-order valence-electron chi connectivity index (χ2n) is 4.21. The molecule has 0 aliphatic heterocycles. The Hall–Kier alpha value is -2.30. The van der Waals surface area contributed by atoms with Crippen LogP contribution in [0.4, 0.5) is 5.69 Å². The first-order valence-electron chi connectivity index (χ1n) is 6.36. The molecule has 1 heterocycles. The van der Waals surface area contributed by atoms with E-state index in [1.807, 2.05) is 38.1 Å². The van der Waals surface area contributed by atoms with Crippen LogP contribution in [0, 0.1) is 0 Å². The number of rotatable bonds is 4. The summed E-state index contributed by atoms with van der Waals surface area (Å²) in [6.45, 7) is 5.28. The molecule has 2 aromatic rings. The maximum Gasteiger partial charge on any atom is 0.274 e. The molecule has 0 aliphatic carbocycles. The Labute approximate surface area is 112 Å². The zero-order valence-corrected chi connectivity index (χ0v) is 11.2. The predicted octanol–water partition coefficient (Wildman–Crippen LogP) is 1.94. The Morgan fingerprint density at radius 3 is 2.42 bits per heavy atom. The van der Waals surface area contributed by atoms with Crippen LogP contribution >= 0.6 is 0 Å². The Morgan fingerprint density at radius 1 is 1.21 bits per heavy atom. The number of nitrogen functional groups attached to an aromatic ring is 1. The molecule has 0 aliphatic rings. The van der Waals surface area contributed by atoms with E-state index in [0.717, 1.165) is 5.69 Å². The highest BCUT2D eigenvalue weighted by molar-refractivity contribution is 5.92. The average Bonchev–Trinajstić information content (AvgIpc) is 2.90. The van der Waals surface area contributed by atoms with Crippen LogP contribution < -0.4 is 5.73 Å². The summed E-state index contributed by atoms with van der Waals surface area (Å²) < 4.78 is 1.68. The maximum atomic E-state index is 12.1. The molecule has 0 unspecified atom stereocenters. The molecule has 0 fully saturated rings. The van der Waals surface area contributed by atoms with Gasteiger partial charge in [0.25, 0.3) is 5.91 Å². The van der Waals surface area contributed by atoms with Crippen LogP contribution in [0.15, 0.2) is 36.5 Å². The fourth-order valence-electron chi connectivity index (χ4n) is 1.88. The van der Waals surface area contributed by atoms with Crippen LogP contribution in [0.5, 0.6) is 0 Å². The molecule has 1 amide bonds. The largest absolute Gasteiger partial charge is 0.399 e. The van der Waals surface area contributed by atoms with Gasteiger partial charge in [-0.2, -0.15) is 5.10 Å². The molecule has 2 rings (SSSR count). The van der Waals surface area contributed by atoms with Crippen LogP contribution in [0.25, 0.3) is 5.69 Å². The third-order valence-electron chi connectivity index (χ3n) is 3.02. The Bertz CT molecular complexity index is 555. The van der Waals surface area contributed by atoms with Crippen molar-refractivity contribution in [3.63, 3.8) is 0 Å². The van der Waals surface area contributed by atoms with E-state index < -0.39 is 0 Å². The van der Waals surface area contributed by atoms with Crippen LogP contribution in [0.2, 0.25) is 0 Å². The van der Waals surface area contributed by atoms with Crippen molar-refractivity contribution in [3.8, 4) is 5.69 Å². The number of hydrogen-bond acceptors (Lipinski definition) is 3. The molecule has 100 valence electrons. The van der Waals surface area contributed by atoms with Gasteiger partial charge in [-0.3, -0.25) is 4.79 Å². The highest BCUT2D eigenvalue weighted by Gasteiger charge is 2.15. The van der Waals surface area contributed by atoms with Gasteiger partial charge < -0.3 is 10.6 Å². The summed E-state index contributed by atoms with van der Waals surface area (Å²) >= 11 is 0. The van der Waals surface area contributed by atoms with Gasteiger partial charge in [0.15, 0.2) is 5.69 Å². The lowest BCUT2D eigenvalue weighted by atomic mass is 10.3. The lowest BCUT2D eigenvalue weighted by Gasteiger charge is -2.16. The van der Waals surface area contributed by atoms with E-state index in [0.29, 0.717) is 24.5 Å². The smallest absolute Gasteiger partial charge is 0.274 e. The Kier molecular flexibility index (Phi) is 3.85. The second-order valence-corrected chi connectivity index (χ2v) is 4.21. The number of carbonyl (C=O) groups is 1. The Morgan fingerprint density at radius 2 is 1.84 bits per heavy atom. The van der Waals surface area contributed by atoms with E-state index in [2.05, 4.69) is 5.10 Å². The zero-order chi connectivity index (χ0) is 13.8. The molecule has 1 aromatic heterocycles. The van der Waals surface area contributed by atoms with Crippen LogP contribution in [0.3, 0.4) is 0 Å². The molecule has 0 atom stereocenters. The van der Waals surface area contributed by atoms with E-state index in [4.69, 9.17) is 5.73 Å². The second kappa shape index (κ2) is 5.56. The molecule has 0 bridgehead atoms. The minimum atomic E-state index is -0.0424. The highest BCUT2D eigenvalue weighted by Crippen LogP contribution is 2.11. The summed E-state index contributed by atoms with van der Waals surface area (Å²) in [6.07, 6.45) is 1.78. The number of aromatic nitrogens is 2. The van der Waals surface area contributed by atoms with Crippen molar-refractivity contribution in [1.82, 2.24) is 14.7 Å². The van der Waals surface area contributed by atoms with Gasteiger partial charge in [-0.1, -0.05) is 0 Å². The number of amides is 1. The molecule has 1 aromatic carbocycles. The van der Waals surface area contributed by atoms with Gasteiger partial charge in [-0.05, 0) is 44.2 Å². The molecular formula is C14H18N4O. The first-order chi connectivity index (χ1) is 9.15. The van der Waals surface area contributed by atoms with Crippen molar-refractivity contribution in [3.05, 3.63) is 42.2 Å². The first kappa shape index (κ1) is 13.1. The molecule has 5 nitrogen and oxygen atoms in total. The third-order valence-corrected chi connectivity index (χ3v) is 3.02. The lowest BCUT2D eigenvalue weighted by molar-refractivity contribution is 0.0766. The van der Waals surface area contributed by atoms with Gasteiger partial charge in [-0.25, -0.2) is 4.68 Å². The quantitative estimate of drug-likeness (QED) is 0.852. The molecule has 2 N–H and O–H groups in total. The van der Waals surface area contributed by atoms with Crippen molar-refractivity contribution in [2.24, 2.45) is 0 Å². The molecular weight excluding hydrogens is 240 g/mol. The van der Waals surface area contributed by atoms with E-state index >= 15 is 0 Å². The monoisotopic (exact) mass is 258 g/mol. The van der Waals surface area contributed by atoms with Crippen molar-refractivity contribution in [2.75, 3.05) is 18.8 Å². The van der Waals surface area contributed by atoms with Crippen molar-refractivity contribution >= 4 is 11.6 Å². The summed E-state index contributed by atoms with van der Waals surface area (Å²) in [5.41, 5.74) is 7.69. The van der Waals surface area contributed by atoms with Gasteiger partial charge >= 0.3 is 0 Å². The molecule has 0 radical (unpaired) electrons. The van der Waals surface area contributed by atoms with Gasteiger partial charge in [0.1, 0.15) is 0 Å². The number of nitrogens with two attached hydrogens (primary N) is 1. The number of carbonyl (C=O) groups excluding carboxylic acids is 1. The summed E-state index contributed by atoms with van der Waals surface area (Å²) in [7, 11) is 0. The van der Waals surface area contributed by atoms with Crippen LogP contribution in [0.1, 0.15) is 24.3 Å². The summed E-state index contributed by atoms with van der Waals surface area (Å²) in [4.78, 5) is 13.9. The minimum Gasteiger partial charge on any atom is -0.399 e. The molecule has 0 spiro atoms. The van der Waals surface area contributed by atoms with Gasteiger partial charge in [0.2, 0.25) is 0 Å². The summed E-state index contributed by atoms with van der Waals surface area (Å²) in [5, 5.41) is 4.31. The van der Waals surface area contributed by atoms with Gasteiger partial charge in [0.05, 0.1) is 5.69 Å². The van der Waals surface area contributed by atoms with Crippen LogP contribution in [-0.4, -0.2) is 33.7 Å². The first-order valence-corrected chi connectivity index (χ1v) is 6.36. The van der Waals surface area contributed by atoms with Gasteiger partial charge in [-0.15, -0.1) is 0 Å². The normalized spacial score (nSPS) is 10.4. The molecule has 0 saturated carbocycles. The topological polar surface area (TPSA) is 64.2 Å². The van der Waals surface area contributed by atoms with Crippen LogP contribution in [-0.2, 0) is 0 Å². The number of nitrogens with zero attached hydrogens (tertiary/aromatic N) is 3. The Balaban J connectivity index is 2.23. The average molecular weight is 258 g/mol. The summed E-state index contributed by atoms with van der Waals surface area (Å²) in [5.74, 6) is -0.0424. The SMILES string of the molecule is CCN(CC)C(=O)c1ccn(-c2ccc(N)cc2)n1. The van der Waals surface area contributed by atoms with E-state index in [1.54, 1.807) is 21.8 Å².